The molecule has 2 aliphatic rings. The molecule has 0 spiro atoms. The average Bonchev–Trinajstić information content (AvgIpc) is 3.03. The van der Waals surface area contributed by atoms with Gasteiger partial charge in [-0.3, -0.25) is 14.5 Å². The third kappa shape index (κ3) is 4.72. The van der Waals surface area contributed by atoms with Gasteiger partial charge in [-0.1, -0.05) is 49.4 Å². The van der Waals surface area contributed by atoms with Gasteiger partial charge >= 0.3 is 0 Å². The first kappa shape index (κ1) is 22.1. The van der Waals surface area contributed by atoms with E-state index in [0.717, 1.165) is 42.8 Å². The molecule has 5 nitrogen and oxygen atoms in total. The molecule has 5 heteroatoms. The molecule has 32 heavy (non-hydrogen) atoms. The summed E-state index contributed by atoms with van der Waals surface area (Å²) in [6.07, 6.45) is 2.79. The number of carbonyl (C=O) groups excluding carboxylic acids is 2. The Balaban J connectivity index is 1.63. The molecule has 0 bridgehead atoms. The molecule has 0 aromatic heterocycles. The van der Waals surface area contributed by atoms with Crippen molar-refractivity contribution in [2.24, 2.45) is 5.92 Å². The number of nitrogens with zero attached hydrogens (tertiary/aromatic N) is 2. The molecule has 2 amide bonds. The third-order valence-electron chi connectivity index (χ3n) is 6.23. The molecule has 2 heterocycles. The van der Waals surface area contributed by atoms with Crippen LogP contribution in [0, 0.1) is 5.92 Å². The molecule has 0 radical (unpaired) electrons. The highest BCUT2D eigenvalue weighted by Crippen LogP contribution is 2.34. The number of piperidine rings is 1. The van der Waals surface area contributed by atoms with Crippen molar-refractivity contribution in [1.82, 2.24) is 9.80 Å². The molecule has 0 N–H and O–H groups in total. The number of hydrogen-bond acceptors (Lipinski definition) is 4. The number of ether oxygens (including phenoxy) is 1. The van der Waals surface area contributed by atoms with E-state index in [4.69, 9.17) is 4.74 Å². The fourth-order valence-electron chi connectivity index (χ4n) is 4.41. The van der Waals surface area contributed by atoms with Crippen molar-refractivity contribution >= 4 is 17.4 Å². The standard InChI is InChI=1S/C27H32N2O3/c1-19(2)32-23-11-9-22(10-12-23)24-25(28-16-13-20(3)14-17-28)27(31)29(26(24)30)18-15-21-7-5-4-6-8-21/h4-12,19-20H,13-18H2,1-3H3. The topological polar surface area (TPSA) is 49.9 Å². The fraction of sp³-hybridized carbons (Fsp3) is 0.407. The lowest BCUT2D eigenvalue weighted by Gasteiger charge is -2.32. The quantitative estimate of drug-likeness (QED) is 0.603. The summed E-state index contributed by atoms with van der Waals surface area (Å²) in [4.78, 5) is 30.5. The van der Waals surface area contributed by atoms with Crippen LogP contribution in [-0.2, 0) is 16.0 Å². The Morgan fingerprint density at radius 3 is 2.22 bits per heavy atom. The van der Waals surface area contributed by atoms with Gasteiger partial charge in [0.05, 0.1) is 11.7 Å². The van der Waals surface area contributed by atoms with Gasteiger partial charge < -0.3 is 9.64 Å². The minimum atomic E-state index is -0.197. The smallest absolute Gasteiger partial charge is 0.277 e. The van der Waals surface area contributed by atoms with Crippen LogP contribution < -0.4 is 4.74 Å². The second kappa shape index (κ2) is 9.60. The van der Waals surface area contributed by atoms with Crippen molar-refractivity contribution in [3.8, 4) is 5.75 Å². The molecule has 0 atom stereocenters. The Kier molecular flexibility index (Phi) is 6.63. The molecular formula is C27H32N2O3. The van der Waals surface area contributed by atoms with Crippen LogP contribution in [0.3, 0.4) is 0 Å². The zero-order chi connectivity index (χ0) is 22.7. The van der Waals surface area contributed by atoms with E-state index in [2.05, 4.69) is 11.8 Å². The Morgan fingerprint density at radius 1 is 0.938 bits per heavy atom. The van der Waals surface area contributed by atoms with Crippen LogP contribution in [0.2, 0.25) is 0 Å². The Labute approximate surface area is 190 Å². The fourth-order valence-corrected chi connectivity index (χ4v) is 4.41. The van der Waals surface area contributed by atoms with Gasteiger partial charge in [0, 0.05) is 19.6 Å². The van der Waals surface area contributed by atoms with Crippen LogP contribution in [0.1, 0.15) is 44.7 Å². The predicted octanol–water partition coefficient (Wildman–Crippen LogP) is 4.53. The summed E-state index contributed by atoms with van der Waals surface area (Å²) in [5, 5.41) is 0. The van der Waals surface area contributed by atoms with Crippen molar-refractivity contribution in [3.05, 3.63) is 71.4 Å². The molecular weight excluding hydrogens is 400 g/mol. The lowest BCUT2D eigenvalue weighted by Crippen LogP contribution is -2.39. The molecule has 4 rings (SSSR count). The van der Waals surface area contributed by atoms with Gasteiger partial charge in [0.2, 0.25) is 0 Å². The highest BCUT2D eigenvalue weighted by Gasteiger charge is 2.41. The normalized spacial score (nSPS) is 17.6. The van der Waals surface area contributed by atoms with Gasteiger partial charge in [0.1, 0.15) is 11.4 Å². The van der Waals surface area contributed by atoms with E-state index >= 15 is 0 Å². The average molecular weight is 433 g/mol. The first-order valence-electron chi connectivity index (χ1n) is 11.6. The number of likely N-dealkylation sites (tertiary alicyclic amines) is 1. The summed E-state index contributed by atoms with van der Waals surface area (Å²) in [5.74, 6) is 1.04. The van der Waals surface area contributed by atoms with Crippen LogP contribution in [-0.4, -0.2) is 47.4 Å². The van der Waals surface area contributed by atoms with E-state index in [1.807, 2.05) is 68.4 Å². The first-order valence-corrected chi connectivity index (χ1v) is 11.6. The number of benzene rings is 2. The summed E-state index contributed by atoms with van der Waals surface area (Å²) in [7, 11) is 0. The maximum Gasteiger partial charge on any atom is 0.277 e. The van der Waals surface area contributed by atoms with Crippen LogP contribution in [0.5, 0.6) is 5.75 Å². The maximum atomic E-state index is 13.5. The first-order chi connectivity index (χ1) is 15.4. The second-order valence-electron chi connectivity index (χ2n) is 9.08. The van der Waals surface area contributed by atoms with Crippen molar-refractivity contribution < 1.29 is 14.3 Å². The largest absolute Gasteiger partial charge is 0.491 e. The van der Waals surface area contributed by atoms with Gasteiger partial charge in [-0.25, -0.2) is 0 Å². The van der Waals surface area contributed by atoms with Gasteiger partial charge in [-0.05, 0) is 62.3 Å². The summed E-state index contributed by atoms with van der Waals surface area (Å²) in [6, 6.07) is 17.5. The van der Waals surface area contributed by atoms with E-state index in [0.29, 0.717) is 30.2 Å². The van der Waals surface area contributed by atoms with E-state index in [1.165, 1.54) is 4.90 Å². The molecule has 2 aromatic carbocycles. The lowest BCUT2D eigenvalue weighted by atomic mass is 9.97. The van der Waals surface area contributed by atoms with Gasteiger partial charge in [0.25, 0.3) is 11.8 Å². The minimum absolute atomic E-state index is 0.0779. The summed E-state index contributed by atoms with van der Waals surface area (Å²) < 4.78 is 5.75. The van der Waals surface area contributed by atoms with Crippen molar-refractivity contribution in [1.29, 1.82) is 0 Å². The van der Waals surface area contributed by atoms with Gasteiger partial charge in [-0.15, -0.1) is 0 Å². The number of rotatable bonds is 7. The number of imide groups is 1. The molecule has 0 unspecified atom stereocenters. The van der Waals surface area contributed by atoms with E-state index in [-0.39, 0.29) is 17.9 Å². The zero-order valence-electron chi connectivity index (χ0n) is 19.2. The Morgan fingerprint density at radius 2 is 1.59 bits per heavy atom. The SMILES string of the molecule is CC1CCN(C2=C(c3ccc(OC(C)C)cc3)C(=O)N(CCc3ccccc3)C2=O)CC1. The molecule has 2 aromatic rings. The molecule has 1 saturated heterocycles. The van der Waals surface area contributed by atoms with Crippen LogP contribution in [0.15, 0.2) is 60.3 Å². The van der Waals surface area contributed by atoms with Crippen molar-refractivity contribution in [2.45, 2.75) is 46.1 Å². The predicted molar refractivity (Wildman–Crippen MR) is 126 cm³/mol. The molecule has 2 aliphatic heterocycles. The number of hydrogen-bond donors (Lipinski definition) is 0. The summed E-state index contributed by atoms with van der Waals surface area (Å²) in [5.41, 5.74) is 2.97. The maximum absolute atomic E-state index is 13.5. The van der Waals surface area contributed by atoms with Gasteiger partial charge in [-0.2, -0.15) is 0 Å². The number of amides is 2. The van der Waals surface area contributed by atoms with E-state index in [1.54, 1.807) is 0 Å². The summed E-state index contributed by atoms with van der Waals surface area (Å²) in [6.45, 7) is 8.20. The molecule has 0 aliphatic carbocycles. The molecule has 0 saturated carbocycles. The highest BCUT2D eigenvalue weighted by atomic mass is 16.5. The zero-order valence-corrected chi connectivity index (χ0v) is 19.2. The Hall–Kier alpha value is -3.08. The van der Waals surface area contributed by atoms with Crippen molar-refractivity contribution in [3.63, 3.8) is 0 Å². The van der Waals surface area contributed by atoms with E-state index < -0.39 is 0 Å². The van der Waals surface area contributed by atoms with Crippen LogP contribution >= 0.6 is 0 Å². The van der Waals surface area contributed by atoms with Crippen LogP contribution in [0.4, 0.5) is 0 Å². The van der Waals surface area contributed by atoms with Crippen LogP contribution in [0.25, 0.3) is 5.57 Å². The lowest BCUT2D eigenvalue weighted by molar-refractivity contribution is -0.137. The van der Waals surface area contributed by atoms with Crippen molar-refractivity contribution in [2.75, 3.05) is 19.6 Å². The third-order valence-corrected chi connectivity index (χ3v) is 6.23. The second-order valence-corrected chi connectivity index (χ2v) is 9.08. The Bertz CT molecular complexity index is 987. The number of carbonyl (C=O) groups is 2. The monoisotopic (exact) mass is 432 g/mol. The molecule has 168 valence electrons. The molecule has 1 fully saturated rings. The van der Waals surface area contributed by atoms with E-state index in [9.17, 15) is 9.59 Å². The highest BCUT2D eigenvalue weighted by molar-refractivity contribution is 6.35. The van der Waals surface area contributed by atoms with Gasteiger partial charge in [0.15, 0.2) is 0 Å². The summed E-state index contributed by atoms with van der Waals surface area (Å²) >= 11 is 0. The minimum Gasteiger partial charge on any atom is -0.491 e.